The van der Waals surface area contributed by atoms with Gasteiger partial charge in [0.15, 0.2) is 6.29 Å². The van der Waals surface area contributed by atoms with Crippen LogP contribution < -0.4 is 16.0 Å². The van der Waals surface area contributed by atoms with E-state index in [9.17, 15) is 39.3 Å². The van der Waals surface area contributed by atoms with E-state index in [0.717, 1.165) is 44.9 Å². The van der Waals surface area contributed by atoms with Crippen LogP contribution >= 0.6 is 0 Å². The van der Waals surface area contributed by atoms with Crippen molar-refractivity contribution < 1.29 is 72.5 Å². The van der Waals surface area contributed by atoms with E-state index >= 15 is 0 Å². The number of carbonyl (C=O) groups is 5. The minimum absolute atomic E-state index is 0.0416. The lowest BCUT2D eigenvalue weighted by Crippen LogP contribution is -2.64. The van der Waals surface area contributed by atoms with Crippen LogP contribution in [0, 0.1) is 0 Å². The standard InChI is InChI=1S/C49H91N3O15/c1-4-6-8-10-12-14-16-18-20-22-29-64-44(57)27-24-40(48(60)65-30-23-21-19-17-15-13-11-9-7-5-2)52-43(56)26-25-42(55)50-28-31-61-32-33-62-34-35-63-36-37-66-49-45(51-39(3)54)47(59)46(58)41(38-53)67-49/h40-41,45-47,49,53,58-59H,4-38H2,1-3H3,(H,50,55)(H,51,54)(H,52,56)/t40-,41-,45-,46+,47-,49-/m1/s1. The number of hydrogen-bond donors (Lipinski definition) is 6. The van der Waals surface area contributed by atoms with Gasteiger partial charge in [0.25, 0.3) is 0 Å². The molecule has 0 aromatic heterocycles. The summed E-state index contributed by atoms with van der Waals surface area (Å²) in [5.74, 6) is -2.31. The molecule has 6 atom stereocenters. The highest BCUT2D eigenvalue weighted by molar-refractivity contribution is 5.87. The summed E-state index contributed by atoms with van der Waals surface area (Å²) in [7, 11) is 0. The first-order valence-corrected chi connectivity index (χ1v) is 25.7. The molecule has 1 aliphatic heterocycles. The summed E-state index contributed by atoms with van der Waals surface area (Å²) < 4.78 is 38.5. The zero-order valence-corrected chi connectivity index (χ0v) is 41.5. The van der Waals surface area contributed by atoms with E-state index in [-0.39, 0.29) is 91.0 Å². The molecule has 0 saturated carbocycles. The zero-order valence-electron chi connectivity index (χ0n) is 41.5. The topological polar surface area (TPSA) is 247 Å². The van der Waals surface area contributed by atoms with Crippen molar-refractivity contribution in [3.8, 4) is 0 Å². The number of nitrogens with one attached hydrogen (secondary N) is 3. The zero-order chi connectivity index (χ0) is 49.2. The fourth-order valence-corrected chi connectivity index (χ4v) is 7.44. The number of unbranched alkanes of at least 4 members (excludes halogenated alkanes) is 18. The molecule has 67 heavy (non-hydrogen) atoms. The van der Waals surface area contributed by atoms with E-state index in [1.54, 1.807) is 0 Å². The van der Waals surface area contributed by atoms with Gasteiger partial charge in [-0.1, -0.05) is 129 Å². The van der Waals surface area contributed by atoms with Crippen molar-refractivity contribution in [3.63, 3.8) is 0 Å². The number of carbonyl (C=O) groups excluding carboxylic acids is 5. The molecule has 3 amide bonds. The maximum Gasteiger partial charge on any atom is 0.328 e. The summed E-state index contributed by atoms with van der Waals surface area (Å²) in [4.78, 5) is 62.5. The molecule has 392 valence electrons. The van der Waals surface area contributed by atoms with Gasteiger partial charge < -0.3 is 64.4 Å². The van der Waals surface area contributed by atoms with E-state index in [1.807, 2.05) is 0 Å². The minimum Gasteiger partial charge on any atom is -0.466 e. The van der Waals surface area contributed by atoms with Crippen molar-refractivity contribution >= 4 is 29.7 Å². The molecule has 1 aliphatic rings. The van der Waals surface area contributed by atoms with Crippen LogP contribution in [-0.4, -0.2) is 154 Å². The fourth-order valence-electron chi connectivity index (χ4n) is 7.44. The summed E-state index contributed by atoms with van der Waals surface area (Å²) in [5.41, 5.74) is 0. The molecule has 0 aliphatic carbocycles. The molecule has 0 spiro atoms. The smallest absolute Gasteiger partial charge is 0.328 e. The summed E-state index contributed by atoms with van der Waals surface area (Å²) in [6.45, 7) is 7.45. The Kier molecular flexibility index (Phi) is 39.9. The summed E-state index contributed by atoms with van der Waals surface area (Å²) in [5, 5.41) is 37.7. The van der Waals surface area contributed by atoms with Gasteiger partial charge in [-0.2, -0.15) is 0 Å². The summed E-state index contributed by atoms with van der Waals surface area (Å²) >= 11 is 0. The SMILES string of the molecule is CCCCCCCCCCCCOC(=O)CC[C@@H](NC(=O)CCC(=O)NCCOCCOCCOCCO[C@@H]1O[C@H](CO)[C@H](O)[C@H](O)[C@H]1NC(C)=O)C(=O)OCCCCCCCCCCCC. The number of aliphatic hydroxyl groups excluding tert-OH is 3. The third-order valence-electron chi connectivity index (χ3n) is 11.4. The fraction of sp³-hybridized carbons (Fsp3) is 0.898. The van der Waals surface area contributed by atoms with E-state index in [1.165, 1.54) is 90.4 Å². The van der Waals surface area contributed by atoms with Gasteiger partial charge >= 0.3 is 11.9 Å². The Bertz CT molecular complexity index is 1260. The quantitative estimate of drug-likeness (QED) is 0.0344. The first-order valence-electron chi connectivity index (χ1n) is 25.7. The maximum absolute atomic E-state index is 13.1. The van der Waals surface area contributed by atoms with Crippen molar-refractivity contribution in [2.45, 2.75) is 212 Å². The van der Waals surface area contributed by atoms with Crippen molar-refractivity contribution in [2.75, 3.05) is 72.6 Å². The van der Waals surface area contributed by atoms with E-state index in [4.69, 9.17) is 33.2 Å². The molecule has 1 rings (SSSR count). The van der Waals surface area contributed by atoms with Gasteiger partial charge in [-0.05, 0) is 19.3 Å². The number of esters is 2. The number of rotatable bonds is 45. The molecule has 6 N–H and O–H groups in total. The molecule has 1 saturated heterocycles. The second-order valence-corrected chi connectivity index (χ2v) is 17.4. The number of ether oxygens (including phenoxy) is 7. The third-order valence-corrected chi connectivity index (χ3v) is 11.4. The highest BCUT2D eigenvalue weighted by Crippen LogP contribution is 2.22. The van der Waals surface area contributed by atoms with Crippen LogP contribution in [0.4, 0.5) is 0 Å². The molecule has 0 bridgehead atoms. The molecule has 0 radical (unpaired) electrons. The molecule has 18 nitrogen and oxygen atoms in total. The lowest BCUT2D eigenvalue weighted by atomic mass is 9.97. The predicted octanol–water partition coefficient (Wildman–Crippen LogP) is 5.09. The molecule has 1 heterocycles. The monoisotopic (exact) mass is 962 g/mol. The van der Waals surface area contributed by atoms with E-state index in [2.05, 4.69) is 29.8 Å². The van der Waals surface area contributed by atoms with Crippen LogP contribution in [0.25, 0.3) is 0 Å². The van der Waals surface area contributed by atoms with Gasteiger partial charge in [0.1, 0.15) is 30.4 Å². The largest absolute Gasteiger partial charge is 0.466 e. The number of aliphatic hydroxyl groups is 3. The van der Waals surface area contributed by atoms with Crippen molar-refractivity contribution in [1.29, 1.82) is 0 Å². The van der Waals surface area contributed by atoms with Crippen LogP contribution in [0.3, 0.4) is 0 Å². The van der Waals surface area contributed by atoms with Crippen LogP contribution in [0.5, 0.6) is 0 Å². The number of amides is 3. The Balaban J connectivity index is 2.29. The molecule has 0 aromatic carbocycles. The van der Waals surface area contributed by atoms with E-state index < -0.39 is 67.0 Å². The Labute approximate surface area is 401 Å². The van der Waals surface area contributed by atoms with Crippen LogP contribution in [0.1, 0.15) is 175 Å². The lowest BCUT2D eigenvalue weighted by Gasteiger charge is -2.42. The minimum atomic E-state index is -1.40. The van der Waals surface area contributed by atoms with Gasteiger partial charge in [0.2, 0.25) is 17.7 Å². The molecule has 1 fully saturated rings. The summed E-state index contributed by atoms with van der Waals surface area (Å²) in [6, 6.07) is -2.06. The highest BCUT2D eigenvalue weighted by Gasteiger charge is 2.45. The highest BCUT2D eigenvalue weighted by atomic mass is 16.7. The molecular weight excluding hydrogens is 871 g/mol. The normalized spacial score (nSPS) is 18.6. The lowest BCUT2D eigenvalue weighted by molar-refractivity contribution is -0.272. The van der Waals surface area contributed by atoms with Gasteiger partial charge in [-0.3, -0.25) is 19.2 Å². The van der Waals surface area contributed by atoms with Crippen LogP contribution in [-0.2, 0) is 57.1 Å². The average molecular weight is 962 g/mol. The Morgan fingerprint density at radius 1 is 0.567 bits per heavy atom. The van der Waals surface area contributed by atoms with Gasteiger partial charge in [0, 0.05) is 32.7 Å². The Hall–Kier alpha value is -2.97. The number of hydrogen-bond acceptors (Lipinski definition) is 15. The molecular formula is C49H91N3O15. The second kappa shape index (κ2) is 43.1. The first-order chi connectivity index (χ1) is 32.5. The summed E-state index contributed by atoms with van der Waals surface area (Å²) in [6.07, 6.45) is 18.1. The van der Waals surface area contributed by atoms with Crippen molar-refractivity contribution in [1.82, 2.24) is 16.0 Å². The van der Waals surface area contributed by atoms with Crippen LogP contribution in [0.2, 0.25) is 0 Å². The van der Waals surface area contributed by atoms with Gasteiger partial charge in [0.05, 0.1) is 66.1 Å². The Morgan fingerprint density at radius 2 is 1.04 bits per heavy atom. The first kappa shape index (κ1) is 62.0. The maximum atomic E-state index is 13.1. The van der Waals surface area contributed by atoms with Crippen molar-refractivity contribution in [3.05, 3.63) is 0 Å². The Morgan fingerprint density at radius 3 is 1.57 bits per heavy atom. The second-order valence-electron chi connectivity index (χ2n) is 17.4. The molecule has 0 unspecified atom stereocenters. The van der Waals surface area contributed by atoms with Gasteiger partial charge in [-0.15, -0.1) is 0 Å². The molecule has 18 heteroatoms. The van der Waals surface area contributed by atoms with Crippen LogP contribution in [0.15, 0.2) is 0 Å². The predicted molar refractivity (Wildman–Crippen MR) is 253 cm³/mol. The van der Waals surface area contributed by atoms with E-state index in [0.29, 0.717) is 6.61 Å². The third kappa shape index (κ3) is 34.1. The molecule has 0 aromatic rings. The van der Waals surface area contributed by atoms with Crippen molar-refractivity contribution in [2.24, 2.45) is 0 Å². The van der Waals surface area contributed by atoms with Gasteiger partial charge in [-0.25, -0.2) is 4.79 Å². The average Bonchev–Trinajstić information content (AvgIpc) is 3.31.